The molecule has 18 heteroatoms. The number of nitrogens with two attached hydrogens (primary N) is 2. The number of unbranched alkanes of at least 4 members (excludes halogenated alkanes) is 1. The summed E-state index contributed by atoms with van der Waals surface area (Å²) in [6.07, 6.45) is 14.4. The van der Waals surface area contributed by atoms with Gasteiger partial charge in [0, 0.05) is 66.6 Å². The summed E-state index contributed by atoms with van der Waals surface area (Å²) in [5.41, 5.74) is 12.4. The second-order valence-corrected chi connectivity index (χ2v) is 14.6. The topological polar surface area (TPSA) is 199 Å². The molecule has 0 bridgehead atoms. The number of amides is 3. The second-order valence-electron chi connectivity index (χ2n) is 14.2. The van der Waals surface area contributed by atoms with E-state index in [9.17, 15) is 9.59 Å². The van der Waals surface area contributed by atoms with Crippen molar-refractivity contribution in [2.75, 3.05) is 58.6 Å². The van der Waals surface area contributed by atoms with Crippen molar-refractivity contribution in [2.45, 2.75) is 78.4 Å². The lowest BCUT2D eigenvalue weighted by atomic mass is 9.81. The molecule has 2 aromatic heterocycles. The predicted octanol–water partition coefficient (Wildman–Crippen LogP) is 7.55. The summed E-state index contributed by atoms with van der Waals surface area (Å²) in [5, 5.41) is 10.9. The molecule has 0 aliphatic carbocycles. The zero-order chi connectivity index (χ0) is 47.1. The van der Waals surface area contributed by atoms with Crippen LogP contribution in [0.4, 0.5) is 19.3 Å². The Morgan fingerprint density at radius 3 is 2.48 bits per heavy atom. The lowest BCUT2D eigenvalue weighted by Gasteiger charge is -2.31. The Bertz CT molecular complexity index is 2190. The summed E-state index contributed by atoms with van der Waals surface area (Å²) in [7, 11) is 3.04. The van der Waals surface area contributed by atoms with Gasteiger partial charge in [-0.2, -0.15) is 0 Å². The van der Waals surface area contributed by atoms with Crippen molar-refractivity contribution < 1.29 is 42.1 Å². The SMILES string of the molecule is C/C=C\C(=C/CC)C1(CCCC)Cc2c(cc(F)c(Cl)c2-c2c(C)cnc(OCCOCCOCCn3cc(-c4cccc(N(CCC=O)C(=O)NC)c4)nn3)c2F)O1.CN.NC=O. The number of ether oxygens (including phenoxy) is 4. The third-order valence-corrected chi connectivity index (χ3v) is 10.3. The fourth-order valence-corrected chi connectivity index (χ4v) is 7.35. The lowest BCUT2D eigenvalue weighted by molar-refractivity contribution is -0.108. The van der Waals surface area contributed by atoms with Crippen LogP contribution in [0.5, 0.6) is 11.6 Å². The van der Waals surface area contributed by atoms with Crippen molar-refractivity contribution in [3.05, 3.63) is 94.3 Å². The molecule has 0 saturated carbocycles. The standard InChI is InChI=1S/C44H53ClF2N6O6.CH3NO.CH5N/c1-6-9-16-44(32(12-7-2)13-8-3)27-34-37(59-44)26-35(46)40(45)39(34)38-30(4)28-49-42(41(38)47)58-24-23-57-22-21-56-20-18-52-29-36(50-51-52)31-14-10-15-33(25-31)53(17-11-19-54)43(55)48-5;2-1-3;1-2/h7,10,12-15,19,25-26,28-29H,6,8-9,11,16-18,20-24,27H2,1-5H3,(H,48,55);1H,(H2,2,3);2H2,1H3/b12-7-,32-13+;;. The number of hydrogen-bond acceptors (Lipinski definition) is 11. The first-order valence-electron chi connectivity index (χ1n) is 21.2. The monoisotopic (exact) mass is 910 g/mol. The molecular weight excluding hydrogens is 850 g/mol. The van der Waals surface area contributed by atoms with Crippen LogP contribution in [0.1, 0.15) is 64.0 Å². The van der Waals surface area contributed by atoms with E-state index in [1.165, 1.54) is 31.3 Å². The number of nitrogens with zero attached hydrogens (tertiary/aromatic N) is 5. The number of fused-ring (bicyclic) bond motifs is 1. The zero-order valence-corrected chi connectivity index (χ0v) is 38.3. The van der Waals surface area contributed by atoms with Crippen LogP contribution in [0.25, 0.3) is 22.4 Å². The van der Waals surface area contributed by atoms with Gasteiger partial charge in [-0.1, -0.05) is 67.4 Å². The fourth-order valence-electron chi connectivity index (χ4n) is 7.09. The van der Waals surface area contributed by atoms with Crippen molar-refractivity contribution in [3.8, 4) is 34.0 Å². The Kier molecular flexibility index (Phi) is 22.5. The highest BCUT2D eigenvalue weighted by molar-refractivity contribution is 6.34. The van der Waals surface area contributed by atoms with E-state index in [-0.39, 0.29) is 67.3 Å². The number of rotatable bonds is 22. The van der Waals surface area contributed by atoms with Gasteiger partial charge in [-0.3, -0.25) is 9.69 Å². The molecule has 3 heterocycles. The molecule has 1 atom stereocenters. The molecule has 1 aliphatic heterocycles. The van der Waals surface area contributed by atoms with Gasteiger partial charge in [-0.15, -0.1) is 5.10 Å². The molecule has 5 N–H and O–H groups in total. The molecule has 1 unspecified atom stereocenters. The number of nitrogens with one attached hydrogen (secondary N) is 1. The minimum absolute atomic E-state index is 0.0140. The number of halogens is 3. The van der Waals surface area contributed by atoms with E-state index < -0.39 is 17.2 Å². The maximum atomic E-state index is 16.3. The van der Waals surface area contributed by atoms with E-state index in [2.05, 4.69) is 52.0 Å². The number of allylic oxidation sites excluding steroid dienone is 2. The fraction of sp³-hybridized carbons (Fsp3) is 0.435. The van der Waals surface area contributed by atoms with Gasteiger partial charge in [0.15, 0.2) is 5.82 Å². The number of hydrogen-bond donors (Lipinski definition) is 3. The van der Waals surface area contributed by atoms with Crippen LogP contribution >= 0.6 is 11.6 Å². The number of urea groups is 1. The predicted molar refractivity (Wildman–Crippen MR) is 245 cm³/mol. The Labute approximate surface area is 379 Å². The van der Waals surface area contributed by atoms with E-state index in [0.717, 1.165) is 36.7 Å². The van der Waals surface area contributed by atoms with E-state index in [1.54, 1.807) is 23.9 Å². The highest BCUT2D eigenvalue weighted by Gasteiger charge is 2.44. The number of aromatic nitrogens is 4. The number of anilines is 1. The summed E-state index contributed by atoms with van der Waals surface area (Å²) in [6, 6.07) is 8.28. The maximum absolute atomic E-state index is 16.3. The largest absolute Gasteiger partial charge is 0.482 e. The van der Waals surface area contributed by atoms with Crippen molar-refractivity contribution >= 4 is 36.0 Å². The Hall–Kier alpha value is -5.75. The van der Waals surface area contributed by atoms with Crippen molar-refractivity contribution in [1.29, 1.82) is 0 Å². The summed E-state index contributed by atoms with van der Waals surface area (Å²) < 4.78 is 57.2. The van der Waals surface area contributed by atoms with Gasteiger partial charge in [0.1, 0.15) is 35.8 Å². The quantitative estimate of drug-likeness (QED) is 0.0400. The molecule has 348 valence electrons. The number of carbonyl (C=O) groups excluding carboxylic acids is 3. The molecule has 1 aliphatic rings. The minimum Gasteiger partial charge on any atom is -0.482 e. The van der Waals surface area contributed by atoms with Gasteiger partial charge < -0.3 is 40.5 Å². The van der Waals surface area contributed by atoms with Crippen LogP contribution in [0.2, 0.25) is 5.02 Å². The molecular formula is C46H61ClF2N8O7. The molecule has 0 fully saturated rings. The Morgan fingerprint density at radius 2 is 1.81 bits per heavy atom. The van der Waals surface area contributed by atoms with Crippen LogP contribution < -0.4 is 31.2 Å². The number of primary amides is 1. The number of benzene rings is 2. The van der Waals surface area contributed by atoms with Crippen LogP contribution in [0, 0.1) is 18.6 Å². The highest BCUT2D eigenvalue weighted by Crippen LogP contribution is 2.51. The molecule has 0 saturated heterocycles. The number of aldehydes is 1. The van der Waals surface area contributed by atoms with Gasteiger partial charge in [0.25, 0.3) is 5.88 Å². The van der Waals surface area contributed by atoms with Crippen LogP contribution in [0.15, 0.2) is 66.5 Å². The Balaban J connectivity index is 0.00000209. The average molecular weight is 911 g/mol. The van der Waals surface area contributed by atoms with E-state index in [4.69, 9.17) is 35.3 Å². The van der Waals surface area contributed by atoms with Gasteiger partial charge in [-0.05, 0) is 63.4 Å². The van der Waals surface area contributed by atoms with E-state index >= 15 is 8.78 Å². The second kappa shape index (κ2) is 27.4. The molecule has 5 rings (SSSR count). The number of carbonyl (C=O) groups is 3. The first kappa shape index (κ1) is 52.6. The van der Waals surface area contributed by atoms with Crippen molar-refractivity contribution in [1.82, 2.24) is 25.3 Å². The molecule has 2 aromatic carbocycles. The Morgan fingerprint density at radius 1 is 1.09 bits per heavy atom. The number of aryl methyl sites for hydroxylation is 1. The maximum Gasteiger partial charge on any atom is 0.321 e. The molecule has 4 aromatic rings. The third kappa shape index (κ3) is 13.9. The molecule has 64 heavy (non-hydrogen) atoms. The van der Waals surface area contributed by atoms with Crippen molar-refractivity contribution in [3.63, 3.8) is 0 Å². The first-order valence-corrected chi connectivity index (χ1v) is 21.5. The van der Waals surface area contributed by atoms with E-state index in [0.29, 0.717) is 60.9 Å². The normalized spacial score (nSPS) is 14.1. The number of pyridine rings is 1. The van der Waals surface area contributed by atoms with Crippen LogP contribution in [-0.4, -0.2) is 98.0 Å². The average Bonchev–Trinajstić information content (AvgIpc) is 3.93. The van der Waals surface area contributed by atoms with Crippen LogP contribution in [-0.2, 0) is 32.0 Å². The zero-order valence-electron chi connectivity index (χ0n) is 37.5. The van der Waals surface area contributed by atoms with Crippen LogP contribution in [0.3, 0.4) is 0 Å². The molecule has 0 radical (unpaired) electrons. The van der Waals surface area contributed by atoms with Gasteiger partial charge in [0.2, 0.25) is 6.41 Å². The summed E-state index contributed by atoms with van der Waals surface area (Å²) in [4.78, 5) is 37.6. The van der Waals surface area contributed by atoms with E-state index in [1.807, 2.05) is 37.3 Å². The molecule has 0 spiro atoms. The summed E-state index contributed by atoms with van der Waals surface area (Å²) in [6.45, 7) is 9.60. The smallest absolute Gasteiger partial charge is 0.321 e. The summed E-state index contributed by atoms with van der Waals surface area (Å²) in [5.74, 6) is -1.32. The minimum atomic E-state index is -0.740. The van der Waals surface area contributed by atoms with Gasteiger partial charge in [0.05, 0.1) is 44.2 Å². The highest BCUT2D eigenvalue weighted by atomic mass is 35.5. The molecule has 3 amide bonds. The lowest BCUT2D eigenvalue weighted by Crippen LogP contribution is -2.39. The van der Waals surface area contributed by atoms with Gasteiger partial charge >= 0.3 is 6.03 Å². The van der Waals surface area contributed by atoms with Crippen molar-refractivity contribution in [2.24, 2.45) is 11.5 Å². The first-order chi connectivity index (χ1) is 31.0. The molecule has 15 nitrogen and oxygen atoms in total. The summed E-state index contributed by atoms with van der Waals surface area (Å²) >= 11 is 6.66. The van der Waals surface area contributed by atoms with Gasteiger partial charge in [-0.25, -0.2) is 23.2 Å². The third-order valence-electron chi connectivity index (χ3n) is 9.94.